The van der Waals surface area contributed by atoms with E-state index in [2.05, 4.69) is 0 Å². The lowest BCUT2D eigenvalue weighted by Crippen LogP contribution is -2.44. The van der Waals surface area contributed by atoms with Crippen LogP contribution in [-0.2, 0) is 4.79 Å². The summed E-state index contributed by atoms with van der Waals surface area (Å²) in [7, 11) is 0. The smallest absolute Gasteiger partial charge is 0.323 e. The Kier molecular flexibility index (Phi) is 5.34. The summed E-state index contributed by atoms with van der Waals surface area (Å²) in [6.07, 6.45) is 3.48. The first-order valence-electron chi connectivity index (χ1n) is 4.33. The van der Waals surface area contributed by atoms with Crippen LogP contribution in [-0.4, -0.2) is 28.3 Å². The van der Waals surface area contributed by atoms with Crippen molar-refractivity contribution in [2.75, 3.05) is 0 Å². The van der Waals surface area contributed by atoms with Gasteiger partial charge in [0, 0.05) is 5.92 Å². The molecule has 0 fully saturated rings. The van der Waals surface area contributed by atoms with Crippen LogP contribution in [0.25, 0.3) is 0 Å². The normalized spacial score (nSPS) is 18.5. The molecule has 0 aromatic rings. The van der Waals surface area contributed by atoms with Gasteiger partial charge in [-0.2, -0.15) is 0 Å². The number of nitrogens with two attached hydrogens (primary N) is 1. The van der Waals surface area contributed by atoms with E-state index in [1.165, 1.54) is 0 Å². The highest BCUT2D eigenvalue weighted by molar-refractivity contribution is 5.73. The maximum absolute atomic E-state index is 10.4. The molecular formula is C9H17NO3. The third-order valence-corrected chi connectivity index (χ3v) is 1.87. The zero-order valence-electron chi connectivity index (χ0n) is 7.97. The largest absolute Gasteiger partial charge is 0.480 e. The van der Waals surface area contributed by atoms with Crippen LogP contribution in [0.3, 0.4) is 0 Å². The topological polar surface area (TPSA) is 83.5 Å². The molecule has 0 bridgehead atoms. The molecule has 0 rings (SSSR count). The fourth-order valence-corrected chi connectivity index (χ4v) is 0.938. The summed E-state index contributed by atoms with van der Waals surface area (Å²) in [4.78, 5) is 10.4. The van der Waals surface area contributed by atoms with Crippen LogP contribution in [0.15, 0.2) is 12.2 Å². The van der Waals surface area contributed by atoms with Gasteiger partial charge in [0.25, 0.3) is 0 Å². The first kappa shape index (κ1) is 12.1. The van der Waals surface area contributed by atoms with Crippen molar-refractivity contribution in [1.82, 2.24) is 0 Å². The predicted molar refractivity (Wildman–Crippen MR) is 50.2 cm³/mol. The van der Waals surface area contributed by atoms with Gasteiger partial charge in [0.15, 0.2) is 0 Å². The molecule has 3 atom stereocenters. The van der Waals surface area contributed by atoms with E-state index in [-0.39, 0.29) is 5.92 Å². The second-order valence-corrected chi connectivity index (χ2v) is 3.05. The lowest BCUT2D eigenvalue weighted by Gasteiger charge is -2.18. The molecule has 0 aromatic heterocycles. The number of hydrogen-bond acceptors (Lipinski definition) is 3. The Bertz CT molecular complexity index is 191. The van der Waals surface area contributed by atoms with E-state index in [0.29, 0.717) is 0 Å². The van der Waals surface area contributed by atoms with Crippen molar-refractivity contribution in [3.05, 3.63) is 12.2 Å². The number of aliphatic carboxylic acids is 1. The zero-order chi connectivity index (χ0) is 10.4. The Morgan fingerprint density at radius 2 is 2.15 bits per heavy atom. The van der Waals surface area contributed by atoms with Crippen LogP contribution in [0, 0.1) is 5.92 Å². The molecule has 0 saturated heterocycles. The molecule has 0 heterocycles. The highest BCUT2D eigenvalue weighted by atomic mass is 16.4. The lowest BCUT2D eigenvalue weighted by atomic mass is 9.98. The molecule has 0 saturated carbocycles. The fourth-order valence-electron chi connectivity index (χ4n) is 0.938. The average molecular weight is 187 g/mol. The summed E-state index contributed by atoms with van der Waals surface area (Å²) >= 11 is 0. The summed E-state index contributed by atoms with van der Waals surface area (Å²) in [5.41, 5.74) is 5.25. The SMILES string of the molecule is CCC=CC(C)[C@@H](O)[C@H](N)C(=O)O. The van der Waals surface area contributed by atoms with Crippen molar-refractivity contribution in [2.24, 2.45) is 11.7 Å². The number of allylic oxidation sites excluding steroid dienone is 1. The number of aliphatic hydroxyl groups excluding tert-OH is 1. The third-order valence-electron chi connectivity index (χ3n) is 1.87. The first-order valence-corrected chi connectivity index (χ1v) is 4.33. The van der Waals surface area contributed by atoms with Crippen LogP contribution < -0.4 is 5.73 Å². The molecule has 0 aliphatic carbocycles. The second-order valence-electron chi connectivity index (χ2n) is 3.05. The van der Waals surface area contributed by atoms with Gasteiger partial charge in [-0.05, 0) is 6.42 Å². The Hall–Kier alpha value is -0.870. The maximum Gasteiger partial charge on any atom is 0.323 e. The van der Waals surface area contributed by atoms with Gasteiger partial charge in [-0.3, -0.25) is 4.79 Å². The molecular weight excluding hydrogens is 170 g/mol. The van der Waals surface area contributed by atoms with Crippen molar-refractivity contribution in [2.45, 2.75) is 32.4 Å². The van der Waals surface area contributed by atoms with Gasteiger partial charge < -0.3 is 15.9 Å². The van der Waals surface area contributed by atoms with E-state index in [4.69, 9.17) is 10.8 Å². The molecule has 0 aromatic carbocycles. The van der Waals surface area contributed by atoms with Crippen LogP contribution >= 0.6 is 0 Å². The molecule has 0 spiro atoms. The van der Waals surface area contributed by atoms with Crippen LogP contribution in [0.1, 0.15) is 20.3 Å². The molecule has 0 aliphatic heterocycles. The molecule has 4 nitrogen and oxygen atoms in total. The Balaban J connectivity index is 4.16. The summed E-state index contributed by atoms with van der Waals surface area (Å²) < 4.78 is 0. The Labute approximate surface area is 78.1 Å². The van der Waals surface area contributed by atoms with Crippen molar-refractivity contribution < 1.29 is 15.0 Å². The highest BCUT2D eigenvalue weighted by Crippen LogP contribution is 2.08. The van der Waals surface area contributed by atoms with Gasteiger partial charge in [0.2, 0.25) is 0 Å². The lowest BCUT2D eigenvalue weighted by molar-refractivity contribution is -0.141. The molecule has 1 unspecified atom stereocenters. The van der Waals surface area contributed by atoms with Gasteiger partial charge in [-0.1, -0.05) is 26.0 Å². The Morgan fingerprint density at radius 3 is 2.54 bits per heavy atom. The van der Waals surface area contributed by atoms with Crippen molar-refractivity contribution >= 4 is 5.97 Å². The predicted octanol–water partition coefficient (Wildman–Crippen LogP) is 0.362. The number of carboxylic acid groups (broad SMARTS) is 1. The summed E-state index contributed by atoms with van der Waals surface area (Å²) in [5.74, 6) is -1.41. The van der Waals surface area contributed by atoms with Crippen LogP contribution in [0.2, 0.25) is 0 Å². The molecule has 76 valence electrons. The maximum atomic E-state index is 10.4. The zero-order valence-corrected chi connectivity index (χ0v) is 7.97. The minimum Gasteiger partial charge on any atom is -0.480 e. The van der Waals surface area contributed by atoms with Crippen molar-refractivity contribution in [3.8, 4) is 0 Å². The molecule has 0 aliphatic rings. The number of rotatable bonds is 5. The van der Waals surface area contributed by atoms with Crippen LogP contribution in [0.5, 0.6) is 0 Å². The van der Waals surface area contributed by atoms with Crippen molar-refractivity contribution in [3.63, 3.8) is 0 Å². The first-order chi connectivity index (χ1) is 6.00. The van der Waals surface area contributed by atoms with E-state index in [9.17, 15) is 9.90 Å². The quantitative estimate of drug-likeness (QED) is 0.543. The number of carbonyl (C=O) groups is 1. The Morgan fingerprint density at radius 1 is 1.62 bits per heavy atom. The molecule has 0 amide bonds. The van der Waals surface area contributed by atoms with Gasteiger partial charge in [-0.25, -0.2) is 0 Å². The van der Waals surface area contributed by atoms with E-state index < -0.39 is 18.1 Å². The van der Waals surface area contributed by atoms with Gasteiger partial charge in [-0.15, -0.1) is 0 Å². The van der Waals surface area contributed by atoms with Gasteiger partial charge in [0.1, 0.15) is 6.04 Å². The van der Waals surface area contributed by atoms with Crippen LogP contribution in [0.4, 0.5) is 0 Å². The summed E-state index contributed by atoms with van der Waals surface area (Å²) in [6.45, 7) is 3.70. The number of carboxylic acids is 1. The van der Waals surface area contributed by atoms with Gasteiger partial charge in [0.05, 0.1) is 6.10 Å². The van der Waals surface area contributed by atoms with Gasteiger partial charge >= 0.3 is 5.97 Å². The third kappa shape index (κ3) is 4.05. The number of hydrogen-bond donors (Lipinski definition) is 3. The van der Waals surface area contributed by atoms with Crippen molar-refractivity contribution in [1.29, 1.82) is 0 Å². The minimum atomic E-state index is -1.21. The van der Waals surface area contributed by atoms with E-state index >= 15 is 0 Å². The van der Waals surface area contributed by atoms with E-state index in [1.807, 2.05) is 13.0 Å². The number of aliphatic hydroxyl groups is 1. The minimum absolute atomic E-state index is 0.231. The molecule has 13 heavy (non-hydrogen) atoms. The average Bonchev–Trinajstić information content (AvgIpc) is 2.11. The standard InChI is InChI=1S/C9H17NO3/c1-3-4-5-6(2)8(11)7(10)9(12)13/h4-8,11H,3,10H2,1-2H3,(H,12,13)/t6?,7-,8+/m0/s1. The van der Waals surface area contributed by atoms with E-state index in [1.54, 1.807) is 13.0 Å². The monoisotopic (exact) mass is 187 g/mol. The van der Waals surface area contributed by atoms with E-state index in [0.717, 1.165) is 6.42 Å². The fraction of sp³-hybridized carbons (Fsp3) is 0.667. The summed E-state index contributed by atoms with van der Waals surface area (Å²) in [6, 6.07) is -1.21. The highest BCUT2D eigenvalue weighted by Gasteiger charge is 2.25. The molecule has 0 radical (unpaired) electrons. The summed E-state index contributed by atoms with van der Waals surface area (Å²) in [5, 5.41) is 17.9. The molecule has 4 heteroatoms. The molecule has 4 N–H and O–H groups in total. The second kappa shape index (κ2) is 5.72.